The second-order valence-corrected chi connectivity index (χ2v) is 8.06. The van der Waals surface area contributed by atoms with Crippen molar-refractivity contribution in [3.05, 3.63) is 29.8 Å². The summed E-state index contributed by atoms with van der Waals surface area (Å²) >= 11 is 0. The lowest BCUT2D eigenvalue weighted by atomic mass is 9.73. The van der Waals surface area contributed by atoms with Crippen LogP contribution in [0, 0.1) is 29.1 Å². The molecule has 0 heterocycles. The molecule has 1 aliphatic rings. The Morgan fingerprint density at radius 2 is 1.69 bits per heavy atom. The van der Waals surface area contributed by atoms with Crippen molar-refractivity contribution < 1.29 is 4.74 Å². The Balaban J connectivity index is 1.78. The molecular formula is C24H37NO. The highest BCUT2D eigenvalue weighted by molar-refractivity contribution is 5.28. The molecule has 26 heavy (non-hydrogen) atoms. The molecule has 1 fully saturated rings. The van der Waals surface area contributed by atoms with Gasteiger partial charge in [-0.1, -0.05) is 70.9 Å². The Labute approximate surface area is 161 Å². The maximum Gasteiger partial charge on any atom is 0.119 e. The predicted molar refractivity (Wildman–Crippen MR) is 109 cm³/mol. The first-order valence-corrected chi connectivity index (χ1v) is 10.9. The van der Waals surface area contributed by atoms with Crippen LogP contribution in [0.15, 0.2) is 24.3 Å². The lowest BCUT2D eigenvalue weighted by Gasteiger charge is -2.31. The van der Waals surface area contributed by atoms with Crippen molar-refractivity contribution in [1.82, 2.24) is 0 Å². The van der Waals surface area contributed by atoms with Gasteiger partial charge >= 0.3 is 0 Å². The molecule has 1 aliphatic carbocycles. The van der Waals surface area contributed by atoms with Crippen LogP contribution in [0.25, 0.3) is 0 Å². The van der Waals surface area contributed by atoms with Gasteiger partial charge in [-0.2, -0.15) is 5.26 Å². The first-order valence-electron chi connectivity index (χ1n) is 10.9. The molecule has 0 N–H and O–H groups in total. The number of unbranched alkanes of at least 4 members (excludes halogenated alkanes) is 3. The van der Waals surface area contributed by atoms with Gasteiger partial charge in [0.15, 0.2) is 0 Å². The largest absolute Gasteiger partial charge is 0.494 e. The molecule has 0 saturated heterocycles. The van der Waals surface area contributed by atoms with Gasteiger partial charge in [-0.05, 0) is 55.2 Å². The minimum atomic E-state index is 0.165. The van der Waals surface area contributed by atoms with Crippen molar-refractivity contribution in [1.29, 1.82) is 5.26 Å². The number of benzene rings is 1. The number of ether oxygens (including phenoxy) is 1. The van der Waals surface area contributed by atoms with E-state index in [0.717, 1.165) is 31.1 Å². The smallest absolute Gasteiger partial charge is 0.119 e. The van der Waals surface area contributed by atoms with Crippen LogP contribution in [0.5, 0.6) is 5.75 Å². The lowest BCUT2D eigenvalue weighted by molar-refractivity contribution is 0.221. The molecule has 0 radical (unpaired) electrons. The predicted octanol–water partition coefficient (Wildman–Crippen LogP) is 6.93. The first-order chi connectivity index (χ1) is 12.8. The number of nitriles is 1. The standard InChI is InChI=1S/C24H37NO/c1-3-5-7-17-26-24-15-11-21(12-16-24)18-23(19-25)22-13-9-20(10-14-22)8-6-4-2/h11-12,15-16,20,22-23H,3-10,13-14,17-18H2,1-2H3/t20-,22-,23?. The maximum absolute atomic E-state index is 9.69. The average Bonchev–Trinajstić information content (AvgIpc) is 2.69. The first kappa shape index (κ1) is 20.8. The molecule has 0 spiro atoms. The highest BCUT2D eigenvalue weighted by Gasteiger charge is 2.27. The van der Waals surface area contributed by atoms with Gasteiger partial charge in [0.05, 0.1) is 18.6 Å². The van der Waals surface area contributed by atoms with Gasteiger partial charge in [0, 0.05) is 0 Å². The molecule has 144 valence electrons. The zero-order valence-corrected chi connectivity index (χ0v) is 16.9. The van der Waals surface area contributed by atoms with Crippen LogP contribution in [0.2, 0.25) is 0 Å². The molecule has 1 unspecified atom stereocenters. The summed E-state index contributed by atoms with van der Waals surface area (Å²) < 4.78 is 5.79. The van der Waals surface area contributed by atoms with E-state index >= 15 is 0 Å². The topological polar surface area (TPSA) is 33.0 Å². The second-order valence-electron chi connectivity index (χ2n) is 8.06. The summed E-state index contributed by atoms with van der Waals surface area (Å²) in [6.07, 6.45) is 13.6. The van der Waals surface area contributed by atoms with E-state index in [1.54, 1.807) is 0 Å². The number of hydrogen-bond donors (Lipinski definition) is 0. The monoisotopic (exact) mass is 355 g/mol. The fourth-order valence-electron chi connectivity index (χ4n) is 4.21. The third kappa shape index (κ3) is 7.02. The second kappa shape index (κ2) is 12.0. The summed E-state index contributed by atoms with van der Waals surface area (Å²) in [4.78, 5) is 0. The van der Waals surface area contributed by atoms with Crippen molar-refractivity contribution >= 4 is 0 Å². The van der Waals surface area contributed by atoms with Crippen molar-refractivity contribution in [2.24, 2.45) is 17.8 Å². The number of nitrogens with zero attached hydrogens (tertiary/aromatic N) is 1. The van der Waals surface area contributed by atoms with E-state index in [-0.39, 0.29) is 5.92 Å². The Bertz CT molecular complexity index is 522. The summed E-state index contributed by atoms with van der Waals surface area (Å²) in [5.41, 5.74) is 1.27. The fraction of sp³-hybridized carbons (Fsp3) is 0.708. The number of hydrogen-bond acceptors (Lipinski definition) is 2. The van der Waals surface area contributed by atoms with Gasteiger partial charge in [-0.15, -0.1) is 0 Å². The summed E-state index contributed by atoms with van der Waals surface area (Å²) in [5.74, 6) is 2.62. The van der Waals surface area contributed by atoms with E-state index in [1.807, 2.05) is 0 Å². The van der Waals surface area contributed by atoms with E-state index in [4.69, 9.17) is 4.74 Å². The molecule has 2 rings (SSSR count). The van der Waals surface area contributed by atoms with Gasteiger partial charge < -0.3 is 4.74 Å². The van der Waals surface area contributed by atoms with E-state index in [0.29, 0.717) is 5.92 Å². The van der Waals surface area contributed by atoms with Gasteiger partial charge in [0.1, 0.15) is 5.75 Å². The quantitative estimate of drug-likeness (QED) is 0.403. The van der Waals surface area contributed by atoms with Gasteiger partial charge in [-0.3, -0.25) is 0 Å². The van der Waals surface area contributed by atoms with Gasteiger partial charge in [0.2, 0.25) is 0 Å². The third-order valence-electron chi connectivity index (χ3n) is 5.99. The molecule has 1 atom stereocenters. The molecule has 0 aliphatic heterocycles. The Hall–Kier alpha value is -1.49. The zero-order chi connectivity index (χ0) is 18.6. The van der Waals surface area contributed by atoms with Crippen molar-refractivity contribution in [2.45, 2.75) is 84.5 Å². The maximum atomic E-state index is 9.69. The highest BCUT2D eigenvalue weighted by Crippen LogP contribution is 2.36. The molecule has 2 nitrogen and oxygen atoms in total. The molecular weight excluding hydrogens is 318 g/mol. The molecule has 0 aromatic heterocycles. The third-order valence-corrected chi connectivity index (χ3v) is 5.99. The lowest BCUT2D eigenvalue weighted by Crippen LogP contribution is -2.22. The van der Waals surface area contributed by atoms with Crippen LogP contribution in [0.3, 0.4) is 0 Å². The normalized spacial score (nSPS) is 21.1. The van der Waals surface area contributed by atoms with Crippen LogP contribution in [-0.2, 0) is 6.42 Å². The minimum Gasteiger partial charge on any atom is -0.494 e. The molecule has 0 bridgehead atoms. The van der Waals surface area contributed by atoms with Crippen molar-refractivity contribution in [3.63, 3.8) is 0 Å². The zero-order valence-electron chi connectivity index (χ0n) is 16.9. The Kier molecular flexibility index (Phi) is 9.61. The van der Waals surface area contributed by atoms with Gasteiger partial charge in [-0.25, -0.2) is 0 Å². The van der Waals surface area contributed by atoms with Crippen LogP contribution in [0.1, 0.15) is 83.6 Å². The van der Waals surface area contributed by atoms with E-state index in [9.17, 15) is 5.26 Å². The average molecular weight is 356 g/mol. The highest BCUT2D eigenvalue weighted by atomic mass is 16.5. The summed E-state index contributed by atoms with van der Waals surface area (Å²) in [6, 6.07) is 11.0. The van der Waals surface area contributed by atoms with Gasteiger partial charge in [0.25, 0.3) is 0 Å². The van der Waals surface area contributed by atoms with E-state index < -0.39 is 0 Å². The van der Waals surface area contributed by atoms with E-state index in [1.165, 1.54) is 63.4 Å². The molecule has 2 heteroatoms. The van der Waals surface area contributed by atoms with Crippen molar-refractivity contribution in [2.75, 3.05) is 6.61 Å². The SMILES string of the molecule is CCCCCOc1ccc(CC(C#N)[C@H]2CC[C@H](CCCC)CC2)cc1. The summed E-state index contributed by atoms with van der Waals surface area (Å²) in [6.45, 7) is 5.28. The van der Waals surface area contributed by atoms with Crippen molar-refractivity contribution in [3.8, 4) is 11.8 Å². The summed E-state index contributed by atoms with van der Waals surface area (Å²) in [7, 11) is 0. The van der Waals surface area contributed by atoms with Crippen LogP contribution in [0.4, 0.5) is 0 Å². The van der Waals surface area contributed by atoms with Crippen LogP contribution in [-0.4, -0.2) is 6.61 Å². The van der Waals surface area contributed by atoms with Crippen LogP contribution >= 0.6 is 0 Å². The molecule has 1 aromatic rings. The van der Waals surface area contributed by atoms with Crippen LogP contribution < -0.4 is 4.74 Å². The fourth-order valence-corrected chi connectivity index (χ4v) is 4.21. The summed E-state index contributed by atoms with van der Waals surface area (Å²) in [5, 5.41) is 9.69. The van der Waals surface area contributed by atoms with E-state index in [2.05, 4.69) is 44.2 Å². The molecule has 1 saturated carbocycles. The minimum absolute atomic E-state index is 0.165. The molecule has 0 amide bonds. The number of rotatable bonds is 11. The Morgan fingerprint density at radius 1 is 1.00 bits per heavy atom. The molecule has 1 aromatic carbocycles. The Morgan fingerprint density at radius 3 is 2.31 bits per heavy atom.